The molecule has 0 amide bonds. The Kier molecular flexibility index (Phi) is 4.24. The van der Waals surface area contributed by atoms with Crippen molar-refractivity contribution >= 4 is 0 Å². The first kappa shape index (κ1) is 13.6. The van der Waals surface area contributed by atoms with Gasteiger partial charge in [0.05, 0.1) is 6.04 Å². The van der Waals surface area contributed by atoms with E-state index < -0.39 is 17.7 Å². The zero-order valence-electron chi connectivity index (χ0n) is 10.7. The third-order valence-electron chi connectivity index (χ3n) is 3.13. The zero-order chi connectivity index (χ0) is 13.8. The monoisotopic (exact) mass is 262 g/mol. The van der Waals surface area contributed by atoms with E-state index in [1.165, 1.54) is 6.07 Å². The molecule has 0 heterocycles. The predicted molar refractivity (Wildman–Crippen MR) is 71.3 cm³/mol. The Morgan fingerprint density at radius 1 is 1.16 bits per heavy atom. The van der Waals surface area contributed by atoms with Gasteiger partial charge in [0.25, 0.3) is 0 Å². The van der Waals surface area contributed by atoms with Gasteiger partial charge in [-0.3, -0.25) is 5.84 Å². The molecule has 0 aliphatic heterocycles. The Morgan fingerprint density at radius 3 is 2.63 bits per heavy atom. The number of nitrogens with one attached hydrogen (secondary N) is 1. The Hall–Kier alpha value is -1.78. The number of aryl methyl sites for hydroxylation is 1. The Morgan fingerprint density at radius 2 is 1.95 bits per heavy atom. The molecule has 1 unspecified atom stereocenters. The van der Waals surface area contributed by atoms with Crippen molar-refractivity contribution in [3.63, 3.8) is 0 Å². The van der Waals surface area contributed by atoms with Gasteiger partial charge in [-0.1, -0.05) is 31.2 Å². The first-order valence-corrected chi connectivity index (χ1v) is 6.15. The molecule has 0 aliphatic carbocycles. The third kappa shape index (κ3) is 2.97. The van der Waals surface area contributed by atoms with Crippen LogP contribution in [0.25, 0.3) is 0 Å². The van der Waals surface area contributed by atoms with Gasteiger partial charge in [0, 0.05) is 5.56 Å². The van der Waals surface area contributed by atoms with Crippen LogP contribution in [0.2, 0.25) is 0 Å². The van der Waals surface area contributed by atoms with Crippen molar-refractivity contribution in [1.82, 2.24) is 5.43 Å². The van der Waals surface area contributed by atoms with E-state index in [9.17, 15) is 8.78 Å². The molecule has 0 radical (unpaired) electrons. The maximum atomic E-state index is 13.8. The lowest BCUT2D eigenvalue weighted by Crippen LogP contribution is -2.29. The standard InChI is InChI=1S/C15H16F2N2/c1-2-10-4-3-5-11(8-10)15(19-18)13-9-12(16)6-7-14(13)17/h3-9,15,19H,2,18H2,1H3. The fourth-order valence-corrected chi connectivity index (χ4v) is 2.09. The molecule has 0 saturated heterocycles. The van der Waals surface area contributed by atoms with Gasteiger partial charge in [0.2, 0.25) is 0 Å². The van der Waals surface area contributed by atoms with Crippen LogP contribution in [-0.4, -0.2) is 0 Å². The van der Waals surface area contributed by atoms with E-state index in [0.29, 0.717) is 0 Å². The average molecular weight is 262 g/mol. The number of hydrogen-bond donors (Lipinski definition) is 2. The second-order valence-electron chi connectivity index (χ2n) is 4.36. The van der Waals surface area contributed by atoms with Crippen LogP contribution in [-0.2, 0) is 6.42 Å². The molecule has 2 rings (SSSR count). The summed E-state index contributed by atoms with van der Waals surface area (Å²) >= 11 is 0. The van der Waals surface area contributed by atoms with Gasteiger partial charge in [0.1, 0.15) is 11.6 Å². The van der Waals surface area contributed by atoms with Crippen molar-refractivity contribution in [3.8, 4) is 0 Å². The normalized spacial score (nSPS) is 12.4. The van der Waals surface area contributed by atoms with Gasteiger partial charge in [0.15, 0.2) is 0 Å². The quantitative estimate of drug-likeness (QED) is 0.656. The Labute approximate surface area is 111 Å². The highest BCUT2D eigenvalue weighted by atomic mass is 19.1. The van der Waals surface area contributed by atoms with Gasteiger partial charge in [-0.05, 0) is 35.7 Å². The van der Waals surface area contributed by atoms with Crippen LogP contribution in [0.3, 0.4) is 0 Å². The van der Waals surface area contributed by atoms with Crippen molar-refractivity contribution in [2.75, 3.05) is 0 Å². The summed E-state index contributed by atoms with van der Waals surface area (Å²) < 4.78 is 27.1. The predicted octanol–water partition coefficient (Wildman–Crippen LogP) is 3.08. The van der Waals surface area contributed by atoms with Crippen LogP contribution in [0.4, 0.5) is 8.78 Å². The second-order valence-corrected chi connectivity index (χ2v) is 4.36. The number of hydrogen-bond acceptors (Lipinski definition) is 2. The summed E-state index contributed by atoms with van der Waals surface area (Å²) in [4.78, 5) is 0. The van der Waals surface area contributed by atoms with E-state index in [2.05, 4.69) is 5.43 Å². The highest BCUT2D eigenvalue weighted by Gasteiger charge is 2.17. The smallest absolute Gasteiger partial charge is 0.128 e. The van der Waals surface area contributed by atoms with Crippen LogP contribution in [0, 0.1) is 11.6 Å². The molecule has 0 bridgehead atoms. The summed E-state index contributed by atoms with van der Waals surface area (Å²) in [6.07, 6.45) is 0.872. The molecule has 0 fully saturated rings. The first-order valence-electron chi connectivity index (χ1n) is 6.15. The SMILES string of the molecule is CCc1cccc(C(NN)c2cc(F)ccc2F)c1. The minimum Gasteiger partial charge on any atom is -0.271 e. The van der Waals surface area contributed by atoms with E-state index in [-0.39, 0.29) is 5.56 Å². The maximum absolute atomic E-state index is 13.8. The summed E-state index contributed by atoms with van der Waals surface area (Å²) in [5, 5.41) is 0. The van der Waals surface area contributed by atoms with Gasteiger partial charge < -0.3 is 0 Å². The molecular formula is C15H16F2N2. The Bertz CT molecular complexity index is 570. The third-order valence-corrected chi connectivity index (χ3v) is 3.13. The largest absolute Gasteiger partial charge is 0.271 e. The lowest BCUT2D eigenvalue weighted by molar-refractivity contribution is 0.545. The number of benzene rings is 2. The first-order chi connectivity index (χ1) is 9.15. The molecule has 19 heavy (non-hydrogen) atoms. The molecule has 0 aliphatic rings. The lowest BCUT2D eigenvalue weighted by atomic mass is 9.96. The minimum absolute atomic E-state index is 0.204. The van der Waals surface area contributed by atoms with Crippen molar-refractivity contribution in [2.24, 2.45) is 5.84 Å². The van der Waals surface area contributed by atoms with Crippen LogP contribution >= 0.6 is 0 Å². The second kappa shape index (κ2) is 5.91. The summed E-state index contributed by atoms with van der Waals surface area (Å²) in [5.74, 6) is 4.54. The maximum Gasteiger partial charge on any atom is 0.128 e. The van der Waals surface area contributed by atoms with Crippen LogP contribution in [0.5, 0.6) is 0 Å². The van der Waals surface area contributed by atoms with Crippen LogP contribution in [0.1, 0.15) is 29.7 Å². The lowest BCUT2D eigenvalue weighted by Gasteiger charge is -2.18. The van der Waals surface area contributed by atoms with Gasteiger partial charge in [-0.2, -0.15) is 0 Å². The number of rotatable bonds is 4. The van der Waals surface area contributed by atoms with E-state index >= 15 is 0 Å². The minimum atomic E-state index is -0.567. The van der Waals surface area contributed by atoms with Crippen molar-refractivity contribution in [2.45, 2.75) is 19.4 Å². The van der Waals surface area contributed by atoms with Crippen molar-refractivity contribution in [1.29, 1.82) is 0 Å². The molecule has 3 N–H and O–H groups in total. The van der Waals surface area contributed by atoms with Crippen LogP contribution < -0.4 is 11.3 Å². The van der Waals surface area contributed by atoms with Gasteiger partial charge in [-0.25, -0.2) is 14.2 Å². The van der Waals surface area contributed by atoms with Crippen molar-refractivity contribution < 1.29 is 8.78 Å². The molecule has 100 valence electrons. The summed E-state index contributed by atoms with van der Waals surface area (Å²) in [7, 11) is 0. The molecular weight excluding hydrogens is 246 g/mol. The van der Waals surface area contributed by atoms with Gasteiger partial charge >= 0.3 is 0 Å². The fraction of sp³-hybridized carbons (Fsp3) is 0.200. The molecule has 2 aromatic carbocycles. The molecule has 0 saturated carbocycles. The van der Waals surface area contributed by atoms with E-state index in [4.69, 9.17) is 5.84 Å². The van der Waals surface area contributed by atoms with E-state index in [1.807, 2.05) is 31.2 Å². The van der Waals surface area contributed by atoms with E-state index in [1.54, 1.807) is 0 Å². The molecule has 2 nitrogen and oxygen atoms in total. The summed E-state index contributed by atoms with van der Waals surface area (Å²) in [5.41, 5.74) is 4.68. The molecule has 2 aromatic rings. The molecule has 4 heteroatoms. The number of hydrazine groups is 1. The molecule has 0 spiro atoms. The molecule has 1 atom stereocenters. The average Bonchev–Trinajstić information content (AvgIpc) is 2.44. The van der Waals surface area contributed by atoms with E-state index in [0.717, 1.165) is 29.7 Å². The van der Waals surface area contributed by atoms with Crippen molar-refractivity contribution in [3.05, 3.63) is 70.8 Å². The topological polar surface area (TPSA) is 38.0 Å². The summed E-state index contributed by atoms with van der Waals surface area (Å²) in [6.45, 7) is 2.03. The highest BCUT2D eigenvalue weighted by Crippen LogP contribution is 2.25. The highest BCUT2D eigenvalue weighted by molar-refractivity contribution is 5.35. The number of nitrogens with two attached hydrogens (primary N) is 1. The zero-order valence-corrected chi connectivity index (χ0v) is 10.7. The Balaban J connectivity index is 2.46. The molecule has 0 aromatic heterocycles. The van der Waals surface area contributed by atoms with Crippen LogP contribution in [0.15, 0.2) is 42.5 Å². The summed E-state index contributed by atoms with van der Waals surface area (Å²) in [6, 6.07) is 10.5. The number of halogens is 2. The van der Waals surface area contributed by atoms with Gasteiger partial charge in [-0.15, -0.1) is 0 Å². The fourth-order valence-electron chi connectivity index (χ4n) is 2.09.